The summed E-state index contributed by atoms with van der Waals surface area (Å²) in [6.07, 6.45) is 1.09. The lowest BCUT2D eigenvalue weighted by molar-refractivity contribution is -0.595. The Balaban J connectivity index is 2.62. The molecule has 19 heavy (non-hydrogen) atoms. The van der Waals surface area contributed by atoms with Crippen LogP contribution in [0.15, 0.2) is 36.5 Å². The SMILES string of the molecule is COC(=O)c1cc[n+]([O-])c(-c2ccc(C)cc2)c1F. The van der Waals surface area contributed by atoms with Gasteiger partial charge in [-0.05, 0) is 19.1 Å². The normalized spacial score (nSPS) is 10.3. The van der Waals surface area contributed by atoms with Crippen LogP contribution >= 0.6 is 0 Å². The highest BCUT2D eigenvalue weighted by Crippen LogP contribution is 2.22. The molecule has 0 aliphatic carbocycles. The summed E-state index contributed by atoms with van der Waals surface area (Å²) in [7, 11) is 1.16. The van der Waals surface area contributed by atoms with Gasteiger partial charge in [-0.15, -0.1) is 0 Å². The van der Waals surface area contributed by atoms with Crippen molar-refractivity contribution in [3.05, 3.63) is 58.7 Å². The van der Waals surface area contributed by atoms with E-state index in [0.717, 1.165) is 24.9 Å². The van der Waals surface area contributed by atoms with E-state index < -0.39 is 11.8 Å². The number of aryl methyl sites for hydroxylation is 1. The smallest absolute Gasteiger partial charge is 0.341 e. The summed E-state index contributed by atoms with van der Waals surface area (Å²) in [6.45, 7) is 1.89. The molecule has 2 rings (SSSR count). The number of aromatic nitrogens is 1. The first kappa shape index (κ1) is 13.0. The second kappa shape index (κ2) is 5.06. The number of carbonyl (C=O) groups is 1. The van der Waals surface area contributed by atoms with Crippen molar-refractivity contribution in [1.29, 1.82) is 0 Å². The van der Waals surface area contributed by atoms with Crippen molar-refractivity contribution in [3.8, 4) is 11.3 Å². The zero-order valence-corrected chi connectivity index (χ0v) is 10.5. The number of rotatable bonds is 2. The summed E-state index contributed by atoms with van der Waals surface area (Å²) in [5, 5.41) is 11.7. The van der Waals surface area contributed by atoms with Crippen molar-refractivity contribution in [3.63, 3.8) is 0 Å². The third-order valence-corrected chi connectivity index (χ3v) is 2.77. The third-order valence-electron chi connectivity index (χ3n) is 2.77. The molecule has 1 heterocycles. The van der Waals surface area contributed by atoms with Crippen LogP contribution in [-0.2, 0) is 4.74 Å². The first-order valence-corrected chi connectivity index (χ1v) is 5.61. The van der Waals surface area contributed by atoms with Crippen molar-refractivity contribution in [2.75, 3.05) is 7.11 Å². The zero-order chi connectivity index (χ0) is 14.0. The van der Waals surface area contributed by atoms with Crippen LogP contribution in [-0.4, -0.2) is 13.1 Å². The summed E-state index contributed by atoms with van der Waals surface area (Å²) in [5.74, 6) is -1.69. The van der Waals surface area contributed by atoms with Crippen LogP contribution in [0.4, 0.5) is 4.39 Å². The van der Waals surface area contributed by atoms with E-state index in [1.54, 1.807) is 24.3 Å². The first-order valence-electron chi connectivity index (χ1n) is 5.61. The number of hydrogen-bond donors (Lipinski definition) is 0. The number of ether oxygens (including phenoxy) is 1. The van der Waals surface area contributed by atoms with Crippen LogP contribution in [0.1, 0.15) is 15.9 Å². The number of esters is 1. The lowest BCUT2D eigenvalue weighted by Gasteiger charge is -2.08. The van der Waals surface area contributed by atoms with E-state index in [1.807, 2.05) is 6.92 Å². The first-order chi connectivity index (χ1) is 9.04. The fraction of sp³-hybridized carbons (Fsp3) is 0.143. The number of carbonyl (C=O) groups excluding carboxylic acids is 1. The van der Waals surface area contributed by atoms with Crippen LogP contribution < -0.4 is 4.73 Å². The Morgan fingerprint density at radius 1 is 1.26 bits per heavy atom. The third kappa shape index (κ3) is 2.40. The summed E-state index contributed by atoms with van der Waals surface area (Å²) in [4.78, 5) is 11.4. The Morgan fingerprint density at radius 3 is 2.47 bits per heavy atom. The van der Waals surface area contributed by atoms with Crippen LogP contribution in [0.25, 0.3) is 11.3 Å². The molecule has 0 atom stereocenters. The molecule has 0 unspecified atom stereocenters. The molecule has 1 aromatic carbocycles. The van der Waals surface area contributed by atoms with Gasteiger partial charge in [0.2, 0.25) is 5.82 Å². The molecule has 0 saturated heterocycles. The maximum absolute atomic E-state index is 14.2. The van der Waals surface area contributed by atoms with E-state index in [9.17, 15) is 14.4 Å². The summed E-state index contributed by atoms with van der Waals surface area (Å²) >= 11 is 0. The molecule has 0 bridgehead atoms. The fourth-order valence-corrected chi connectivity index (χ4v) is 1.75. The number of hydrogen-bond acceptors (Lipinski definition) is 3. The lowest BCUT2D eigenvalue weighted by atomic mass is 10.1. The lowest BCUT2D eigenvalue weighted by Crippen LogP contribution is -2.31. The van der Waals surface area contributed by atoms with Gasteiger partial charge in [0, 0.05) is 6.07 Å². The average Bonchev–Trinajstić information content (AvgIpc) is 2.40. The summed E-state index contributed by atoms with van der Waals surface area (Å²) < 4.78 is 19.1. The van der Waals surface area contributed by atoms with Gasteiger partial charge >= 0.3 is 5.97 Å². The molecule has 4 nitrogen and oxygen atoms in total. The topological polar surface area (TPSA) is 53.2 Å². The van der Waals surface area contributed by atoms with E-state index in [0.29, 0.717) is 10.3 Å². The van der Waals surface area contributed by atoms with Gasteiger partial charge in [0.25, 0.3) is 5.69 Å². The predicted molar refractivity (Wildman–Crippen MR) is 66.9 cm³/mol. The molecule has 0 aliphatic rings. The number of pyridine rings is 1. The molecule has 0 N–H and O–H groups in total. The van der Waals surface area contributed by atoms with Crippen molar-refractivity contribution < 1.29 is 18.7 Å². The van der Waals surface area contributed by atoms with Gasteiger partial charge in [-0.25, -0.2) is 4.79 Å². The molecule has 98 valence electrons. The minimum absolute atomic E-state index is 0.192. The van der Waals surface area contributed by atoms with Gasteiger partial charge in [0.1, 0.15) is 5.56 Å². The summed E-state index contributed by atoms with van der Waals surface area (Å²) in [5.41, 5.74) is 0.947. The second-order valence-electron chi connectivity index (χ2n) is 4.08. The van der Waals surface area contributed by atoms with Gasteiger partial charge in [0.05, 0.1) is 12.7 Å². The molecule has 2 aromatic rings. The molecular formula is C14H12FNO3. The Hall–Kier alpha value is -2.43. The Morgan fingerprint density at radius 2 is 1.89 bits per heavy atom. The van der Waals surface area contributed by atoms with Gasteiger partial charge in [-0.3, -0.25) is 0 Å². The maximum Gasteiger partial charge on any atom is 0.341 e. The number of halogens is 1. The van der Waals surface area contributed by atoms with Crippen LogP contribution in [0.5, 0.6) is 0 Å². The maximum atomic E-state index is 14.2. The molecule has 1 aromatic heterocycles. The molecule has 0 radical (unpaired) electrons. The monoisotopic (exact) mass is 261 g/mol. The largest absolute Gasteiger partial charge is 0.618 e. The van der Waals surface area contributed by atoms with Gasteiger partial charge in [-0.1, -0.05) is 17.7 Å². The van der Waals surface area contributed by atoms with Crippen molar-refractivity contribution in [1.82, 2.24) is 0 Å². The van der Waals surface area contributed by atoms with Gasteiger partial charge in [-0.2, -0.15) is 9.12 Å². The Kier molecular flexibility index (Phi) is 3.46. The van der Waals surface area contributed by atoms with E-state index >= 15 is 0 Å². The Bertz CT molecular complexity index is 623. The second-order valence-corrected chi connectivity index (χ2v) is 4.08. The van der Waals surface area contributed by atoms with E-state index in [2.05, 4.69) is 4.74 Å². The van der Waals surface area contributed by atoms with Crippen LogP contribution in [0.2, 0.25) is 0 Å². The van der Waals surface area contributed by atoms with E-state index in [-0.39, 0.29) is 11.3 Å². The minimum atomic E-state index is -0.881. The highest BCUT2D eigenvalue weighted by Gasteiger charge is 2.23. The summed E-state index contributed by atoms with van der Waals surface area (Å²) in [6, 6.07) is 7.89. The molecular weight excluding hydrogens is 249 g/mol. The molecule has 0 saturated carbocycles. The number of nitrogens with zero attached hydrogens (tertiary/aromatic N) is 1. The highest BCUT2D eigenvalue weighted by molar-refractivity contribution is 5.90. The molecule has 0 fully saturated rings. The molecule has 5 heteroatoms. The average molecular weight is 261 g/mol. The molecule has 0 amide bonds. The van der Waals surface area contributed by atoms with Crippen LogP contribution in [0.3, 0.4) is 0 Å². The van der Waals surface area contributed by atoms with Gasteiger partial charge < -0.3 is 9.94 Å². The molecule has 0 aliphatic heterocycles. The van der Waals surface area contributed by atoms with Crippen molar-refractivity contribution >= 4 is 5.97 Å². The number of methoxy groups -OCH3 is 1. The van der Waals surface area contributed by atoms with Crippen molar-refractivity contribution in [2.24, 2.45) is 0 Å². The highest BCUT2D eigenvalue weighted by atomic mass is 19.1. The Labute approximate surface area is 109 Å². The number of benzene rings is 1. The van der Waals surface area contributed by atoms with E-state index in [1.165, 1.54) is 0 Å². The van der Waals surface area contributed by atoms with Crippen LogP contribution in [0, 0.1) is 17.9 Å². The fourth-order valence-electron chi connectivity index (χ4n) is 1.75. The standard InChI is InChI=1S/C14H12FNO3/c1-9-3-5-10(6-4-9)13-12(15)11(14(17)19-2)7-8-16(13)18/h3-8H,1-2H3. The quantitative estimate of drug-likeness (QED) is 0.473. The predicted octanol–water partition coefficient (Wildman–Crippen LogP) is 2.22. The van der Waals surface area contributed by atoms with Crippen molar-refractivity contribution in [2.45, 2.75) is 6.92 Å². The molecule has 0 spiro atoms. The van der Waals surface area contributed by atoms with Gasteiger partial charge in [0.15, 0.2) is 6.20 Å². The van der Waals surface area contributed by atoms with E-state index in [4.69, 9.17) is 0 Å². The minimum Gasteiger partial charge on any atom is -0.618 e. The zero-order valence-electron chi connectivity index (χ0n) is 10.5.